The number of aromatic nitrogens is 1. The van der Waals surface area contributed by atoms with E-state index in [0.29, 0.717) is 11.1 Å². The average Bonchev–Trinajstić information content (AvgIpc) is 3.73. The summed E-state index contributed by atoms with van der Waals surface area (Å²) in [6.45, 7) is 4.39. The Morgan fingerprint density at radius 2 is 1.20 bits per heavy atom. The van der Waals surface area contributed by atoms with E-state index in [9.17, 15) is 2.74 Å². The van der Waals surface area contributed by atoms with Crippen LogP contribution in [0.5, 0.6) is 0 Å². The van der Waals surface area contributed by atoms with Gasteiger partial charge in [0.05, 0.1) is 27.5 Å². The highest BCUT2D eigenvalue weighted by Crippen LogP contribution is 2.53. The van der Waals surface area contributed by atoms with Gasteiger partial charge in [0.25, 0.3) is 0 Å². The number of hydrogen-bond acceptors (Lipinski definition) is 1. The van der Waals surface area contributed by atoms with E-state index in [4.69, 9.17) is 13.7 Å². The molecule has 9 rings (SSSR count). The highest BCUT2D eigenvalue weighted by molar-refractivity contribution is 6.13. The van der Waals surface area contributed by atoms with Crippen LogP contribution in [0.3, 0.4) is 0 Å². The zero-order valence-electron chi connectivity index (χ0n) is 38.8. The number of fused-ring (bicyclic) bond motifs is 7. The van der Waals surface area contributed by atoms with Crippen LogP contribution in [0.2, 0.25) is 0 Å². The van der Waals surface area contributed by atoms with E-state index >= 15 is 0 Å². The lowest BCUT2D eigenvalue weighted by atomic mass is 9.81. The Hall–Kier alpha value is -6.12. The van der Waals surface area contributed by atoms with Gasteiger partial charge in [0.2, 0.25) is 0 Å². The van der Waals surface area contributed by atoms with E-state index in [1.54, 1.807) is 0 Å². The third-order valence-electron chi connectivity index (χ3n) is 9.36. The molecule has 1 aliphatic carbocycles. The lowest BCUT2D eigenvalue weighted by molar-refractivity contribution is 0.663. The van der Waals surface area contributed by atoms with Gasteiger partial charge < -0.3 is 9.47 Å². The fraction of sp³-hybridized carbons (Fsp3) is 0.0638. The van der Waals surface area contributed by atoms with E-state index in [-0.39, 0.29) is 17.8 Å². The smallest absolute Gasteiger partial charge is 0.0645 e. The van der Waals surface area contributed by atoms with Gasteiger partial charge >= 0.3 is 0 Å². The van der Waals surface area contributed by atoms with Gasteiger partial charge in [-0.1, -0.05) is 141 Å². The van der Waals surface area contributed by atoms with Gasteiger partial charge in [-0.05, 0) is 87.9 Å². The van der Waals surface area contributed by atoms with Crippen LogP contribution in [0.4, 0.5) is 17.1 Å². The zero-order valence-corrected chi connectivity index (χ0v) is 26.8. The largest absolute Gasteiger partial charge is 0.311 e. The Labute approximate surface area is 304 Å². The second-order valence-corrected chi connectivity index (χ2v) is 12.5. The van der Waals surface area contributed by atoms with Crippen molar-refractivity contribution in [2.75, 3.05) is 4.90 Å². The maximum Gasteiger partial charge on any atom is 0.0645 e. The van der Waals surface area contributed by atoms with Crippen molar-refractivity contribution in [1.82, 2.24) is 4.57 Å². The average molecular weight is 641 g/mol. The number of rotatable bonds is 6. The van der Waals surface area contributed by atoms with Crippen molar-refractivity contribution < 1.29 is 16.4 Å². The van der Waals surface area contributed by atoms with Crippen molar-refractivity contribution in [1.29, 1.82) is 0 Å². The first-order chi connectivity index (χ1) is 29.1. The van der Waals surface area contributed by atoms with E-state index < -0.39 is 77.2 Å². The number of nitrogens with zero attached hydrogens (tertiary/aromatic N) is 2. The molecule has 7 aromatic carbocycles. The molecule has 0 atom stereocenters. The Morgan fingerprint density at radius 3 is 1.92 bits per heavy atom. The summed E-state index contributed by atoms with van der Waals surface area (Å²) < 4.78 is 105. The van der Waals surface area contributed by atoms with Crippen molar-refractivity contribution in [2.45, 2.75) is 19.3 Å². The summed E-state index contributed by atoms with van der Waals surface area (Å²) >= 11 is 0. The van der Waals surface area contributed by atoms with Crippen molar-refractivity contribution >= 4 is 51.0 Å². The van der Waals surface area contributed by atoms with Crippen molar-refractivity contribution in [3.05, 3.63) is 192 Å². The third kappa shape index (κ3) is 4.79. The van der Waals surface area contributed by atoms with Crippen LogP contribution < -0.4 is 4.90 Å². The fourth-order valence-electron chi connectivity index (χ4n) is 7.19. The number of hydrogen-bond donors (Lipinski definition) is 0. The second kappa shape index (κ2) is 11.5. The topological polar surface area (TPSA) is 8.17 Å². The first-order valence-electron chi connectivity index (χ1n) is 22.0. The van der Waals surface area contributed by atoms with E-state index in [1.807, 2.05) is 36.4 Å². The zero-order chi connectivity index (χ0) is 43.4. The highest BCUT2D eigenvalue weighted by atomic mass is 15.1. The Balaban J connectivity index is 1.15. The molecule has 0 unspecified atom stereocenters. The minimum Gasteiger partial charge on any atom is -0.311 e. The Morgan fingerprint density at radius 1 is 0.592 bits per heavy atom. The molecule has 2 nitrogen and oxygen atoms in total. The molecule has 8 aromatic rings. The molecule has 49 heavy (non-hydrogen) atoms. The summed E-state index contributed by atoms with van der Waals surface area (Å²) in [6, 6.07) is 28.3. The molecule has 0 aliphatic heterocycles. The van der Waals surface area contributed by atoms with Gasteiger partial charge in [-0.25, -0.2) is 0 Å². The quantitative estimate of drug-likeness (QED) is 0.164. The van der Waals surface area contributed by atoms with Crippen molar-refractivity contribution in [2.24, 2.45) is 0 Å². The molecule has 0 radical (unpaired) electrons. The fourth-order valence-corrected chi connectivity index (χ4v) is 7.19. The Bertz CT molecular complexity index is 3060. The van der Waals surface area contributed by atoms with Gasteiger partial charge in [-0.2, -0.15) is 0 Å². The number of benzene rings is 7. The van der Waals surface area contributed by atoms with Crippen molar-refractivity contribution in [3.63, 3.8) is 0 Å². The lowest BCUT2D eigenvalue weighted by Gasteiger charge is -2.25. The molecular weight excluding hydrogens is 593 g/mol. The maximum atomic E-state index is 9.27. The first-order valence-corrected chi connectivity index (χ1v) is 16.0. The monoisotopic (exact) mass is 640 g/mol. The molecule has 0 spiro atoms. The maximum absolute atomic E-state index is 9.27. The summed E-state index contributed by atoms with van der Waals surface area (Å²) in [6.07, 6.45) is 0. The summed E-state index contributed by atoms with van der Waals surface area (Å²) in [5, 5.41) is 2.30. The van der Waals surface area contributed by atoms with Crippen LogP contribution in [-0.4, -0.2) is 4.57 Å². The second-order valence-electron chi connectivity index (χ2n) is 12.5. The summed E-state index contributed by atoms with van der Waals surface area (Å²) in [5.74, 6) is 0. The van der Waals surface area contributed by atoms with Gasteiger partial charge in [-0.3, -0.25) is 0 Å². The molecule has 0 saturated heterocycles. The normalized spacial score (nSPS) is 17.0. The summed E-state index contributed by atoms with van der Waals surface area (Å²) in [5.41, 5.74) is 7.31. The standard InChI is InChI=1S/C47H36N2/c1-47(2)43-32-34(23-22-33-24-27-38(28-25-33)48(35-14-6-3-7-15-35)36-16-8-4-9-17-36)26-29-39(43)41-30-31-42-40-20-12-13-21-44(40)49(46(42)45(41)47)37-18-10-5-11-19-37/h3-32H,1-2H3/b23-22+/i3D,4D,6D,7D,8D,9D,14D,15D,16D,17D,22D,23D. The molecule has 0 amide bonds. The lowest BCUT2D eigenvalue weighted by Crippen LogP contribution is -2.16. The number of para-hydroxylation sites is 4. The van der Waals surface area contributed by atoms with Crippen LogP contribution in [0.15, 0.2) is 170 Å². The molecule has 234 valence electrons. The predicted octanol–water partition coefficient (Wildman–Crippen LogP) is 12.7. The number of anilines is 3. The molecule has 0 fully saturated rings. The predicted molar refractivity (Wildman–Crippen MR) is 208 cm³/mol. The van der Waals surface area contributed by atoms with Crippen LogP contribution in [-0.2, 0) is 5.41 Å². The van der Waals surface area contributed by atoms with E-state index in [0.717, 1.165) is 49.1 Å². The van der Waals surface area contributed by atoms with Crippen LogP contribution in [0.1, 0.15) is 52.6 Å². The van der Waals surface area contributed by atoms with Gasteiger partial charge in [0, 0.05) is 38.9 Å². The minimum atomic E-state index is -0.663. The highest BCUT2D eigenvalue weighted by Gasteiger charge is 2.38. The van der Waals surface area contributed by atoms with E-state index in [2.05, 4.69) is 66.9 Å². The summed E-state index contributed by atoms with van der Waals surface area (Å²) in [7, 11) is 0. The molecule has 1 aliphatic rings. The van der Waals surface area contributed by atoms with Gasteiger partial charge in [-0.15, -0.1) is 0 Å². The van der Waals surface area contributed by atoms with Crippen LogP contribution >= 0.6 is 0 Å². The van der Waals surface area contributed by atoms with Gasteiger partial charge in [0.1, 0.15) is 0 Å². The molecule has 2 heteroatoms. The molecule has 0 N–H and O–H groups in total. The van der Waals surface area contributed by atoms with E-state index in [1.165, 1.54) is 29.8 Å². The summed E-state index contributed by atoms with van der Waals surface area (Å²) in [4.78, 5) is 1.06. The van der Waals surface area contributed by atoms with Crippen LogP contribution in [0.25, 0.3) is 50.7 Å². The molecular formula is C47H36N2. The van der Waals surface area contributed by atoms with Crippen molar-refractivity contribution in [3.8, 4) is 16.8 Å². The molecule has 1 aromatic heterocycles. The van der Waals surface area contributed by atoms with Crippen LogP contribution in [0, 0.1) is 0 Å². The SMILES string of the molecule is [2H]/C(=C(/[2H])c1ccc2c(c1)C(C)(C)c1c-2ccc2c3ccccc3n(-c3ccccc3)c12)c1ccc(N(c2c([2H])c([2H])c([2H])c([2H])c2[2H])c2c([2H])c([2H])c([2H])c([2H])c2[2H])cc1. The van der Waals surface area contributed by atoms with Gasteiger partial charge in [0.15, 0.2) is 0 Å². The molecule has 0 saturated carbocycles. The molecule has 0 bridgehead atoms. The third-order valence-corrected chi connectivity index (χ3v) is 9.36. The molecule has 1 heterocycles. The minimum absolute atomic E-state index is 0.0426. The Kier molecular flexibility index (Phi) is 4.48. The first kappa shape index (κ1) is 19.0.